The van der Waals surface area contributed by atoms with E-state index in [1.54, 1.807) is 0 Å². The van der Waals surface area contributed by atoms with Crippen molar-refractivity contribution < 1.29 is 20.1 Å². The largest absolute Gasteiger partial charge is 0.603 e. The number of hydrogen-bond donors (Lipinski definition) is 4. The second-order valence-corrected chi connectivity index (χ2v) is 1.03. The van der Waals surface area contributed by atoms with Gasteiger partial charge in [-0.05, 0) is 0 Å². The summed E-state index contributed by atoms with van der Waals surface area (Å²) in [4.78, 5) is 0. The number of rotatable bonds is 0. The molecular formula is C4H20GeN8Tc-4. The van der Waals surface area contributed by atoms with Crippen LogP contribution in [0, 0.1) is 0 Å². The van der Waals surface area contributed by atoms with Gasteiger partial charge in [0.1, 0.15) is 0 Å². The topological polar surface area (TPSA) is 160 Å². The Hall–Kier alpha value is 0.872. The van der Waals surface area contributed by atoms with Gasteiger partial charge in [0.15, 0.2) is 0 Å². The van der Waals surface area contributed by atoms with Crippen molar-refractivity contribution >= 4 is 17.6 Å². The summed E-state index contributed by atoms with van der Waals surface area (Å²) in [5.41, 5.74) is 12.0. The minimum Gasteiger partial charge on any atom is -0.603 e. The van der Waals surface area contributed by atoms with Gasteiger partial charge < -0.3 is 45.1 Å². The second-order valence-electron chi connectivity index (χ2n) is 1.03. The molecule has 0 aliphatic carbocycles. The van der Waals surface area contributed by atoms with Crippen LogP contribution in [0.3, 0.4) is 0 Å². The van der Waals surface area contributed by atoms with E-state index in [2.05, 4.69) is 45.1 Å². The smallest absolute Gasteiger partial charge is 0 e. The zero-order chi connectivity index (χ0) is 10.8. The Morgan fingerprint density at radius 2 is 0.571 bits per heavy atom. The Bertz CT molecular complexity index is 29.3. The maximum atomic E-state index is 4.47. The van der Waals surface area contributed by atoms with Gasteiger partial charge in [-0.3, -0.25) is 0 Å². The molecule has 5 radical (unpaired) electrons. The van der Waals surface area contributed by atoms with Crippen molar-refractivity contribution in [3.8, 4) is 0 Å². The molecule has 0 amide bonds. The molecule has 0 rings (SSSR count). The quantitative estimate of drug-likeness (QED) is 0.252. The fraction of sp³-hybridized carbons (Fsp3) is 1.00. The first kappa shape index (κ1) is 36.4. The summed E-state index contributed by atoms with van der Waals surface area (Å²) in [5, 5.41) is 0. The minimum absolute atomic E-state index is 0. The van der Waals surface area contributed by atoms with Crippen LogP contribution in [0.25, 0.3) is 21.7 Å². The van der Waals surface area contributed by atoms with Crippen LogP contribution in [0.4, 0.5) is 0 Å². The second kappa shape index (κ2) is 96.8. The van der Waals surface area contributed by atoms with E-state index in [-0.39, 0.29) is 37.7 Å². The van der Waals surface area contributed by atoms with Crippen molar-refractivity contribution in [2.24, 2.45) is 23.4 Å². The van der Waals surface area contributed by atoms with Gasteiger partial charge in [-0.25, -0.2) is 0 Å². The van der Waals surface area contributed by atoms with E-state index in [1.165, 1.54) is 28.2 Å². The van der Waals surface area contributed by atoms with E-state index >= 15 is 0 Å². The Labute approximate surface area is 111 Å². The average molecular weight is 352 g/mol. The molecule has 0 saturated heterocycles. The molecule has 10 heteroatoms. The first-order chi connectivity index (χ1) is 5.66. The first-order valence-corrected chi connectivity index (χ1v) is 2.82. The molecule has 8 nitrogen and oxygen atoms in total. The molecule has 0 aromatic carbocycles. The van der Waals surface area contributed by atoms with Crippen molar-refractivity contribution in [1.82, 2.24) is 0 Å². The molecule has 8 N–H and O–H groups in total. The van der Waals surface area contributed by atoms with E-state index < -0.39 is 0 Å². The molecule has 0 spiro atoms. The molecule has 0 atom stereocenters. The third kappa shape index (κ3) is 2380. The SMILES string of the molecule is C[N-]N.C[N-]N.C[N-]N.C[N-]N.[99Tc].[Ge]. The van der Waals surface area contributed by atoms with Gasteiger partial charge in [-0.1, -0.05) is 0 Å². The molecule has 0 unspecified atom stereocenters. The summed E-state index contributed by atoms with van der Waals surface area (Å²) in [5.74, 6) is 17.9. The zero-order valence-electron chi connectivity index (χ0n) is 8.98. The molecule has 0 aliphatic heterocycles. The summed E-state index contributed by atoms with van der Waals surface area (Å²) in [6, 6.07) is 0. The minimum atomic E-state index is 0. The summed E-state index contributed by atoms with van der Waals surface area (Å²) >= 11 is 0. The number of nitrogens with two attached hydrogens (primary N) is 4. The van der Waals surface area contributed by atoms with E-state index in [0.717, 1.165) is 0 Å². The molecule has 0 saturated carbocycles. The Balaban J connectivity index is -0.0000000145. The van der Waals surface area contributed by atoms with Gasteiger partial charge >= 0.3 is 0 Å². The molecule has 0 heterocycles. The Morgan fingerprint density at radius 3 is 0.571 bits per heavy atom. The van der Waals surface area contributed by atoms with Gasteiger partial charge in [0, 0.05) is 37.7 Å². The maximum absolute atomic E-state index is 4.47. The summed E-state index contributed by atoms with van der Waals surface area (Å²) in [7, 11) is 6.11. The molecule has 0 aromatic rings. The van der Waals surface area contributed by atoms with Crippen molar-refractivity contribution in [2.75, 3.05) is 28.2 Å². The Kier molecular flexibility index (Phi) is 251. The third-order valence-electron chi connectivity index (χ3n) is 0. The van der Waals surface area contributed by atoms with Gasteiger partial charge in [-0.15, -0.1) is 0 Å². The van der Waals surface area contributed by atoms with Crippen molar-refractivity contribution in [1.29, 1.82) is 0 Å². The average Bonchev–Trinajstić information content (AvgIpc) is 1.92. The standard InChI is InChI=1S/4CH5N2.Ge.Tc/c4*1-3-2;;/h4*2H2,1H3;;/q4*-1;;/i;;;;;1+1. The van der Waals surface area contributed by atoms with E-state index in [9.17, 15) is 0 Å². The summed E-state index contributed by atoms with van der Waals surface area (Å²) < 4.78 is 0. The van der Waals surface area contributed by atoms with Crippen LogP contribution < -0.4 is 23.4 Å². The molecule has 91 valence electrons. The molecule has 0 fully saturated rings. The van der Waals surface area contributed by atoms with Crippen LogP contribution in [0.2, 0.25) is 0 Å². The number of hydrogen-bond acceptors (Lipinski definition) is 4. The molecule has 0 bridgehead atoms. The summed E-state index contributed by atoms with van der Waals surface area (Å²) in [6.07, 6.45) is 0. The van der Waals surface area contributed by atoms with Gasteiger partial charge in [0.05, 0.1) is 0 Å². The fourth-order valence-electron chi connectivity index (χ4n) is 0. The van der Waals surface area contributed by atoms with Crippen molar-refractivity contribution in [3.63, 3.8) is 0 Å². The molecule has 14 heavy (non-hydrogen) atoms. The Morgan fingerprint density at radius 1 is 0.571 bits per heavy atom. The van der Waals surface area contributed by atoms with Crippen LogP contribution in [0.5, 0.6) is 0 Å². The van der Waals surface area contributed by atoms with E-state index in [1.807, 2.05) is 0 Å². The van der Waals surface area contributed by atoms with Crippen LogP contribution in [-0.4, -0.2) is 45.8 Å². The fourth-order valence-corrected chi connectivity index (χ4v) is 0. The van der Waals surface area contributed by atoms with Gasteiger partial charge in [0.2, 0.25) is 0 Å². The predicted octanol–water partition coefficient (Wildman–Crippen LogP) is -0.929. The van der Waals surface area contributed by atoms with Crippen LogP contribution in [0.1, 0.15) is 0 Å². The van der Waals surface area contributed by atoms with Crippen LogP contribution in [-0.2, 0) is 20.1 Å². The predicted molar refractivity (Wildman–Crippen MR) is 59.6 cm³/mol. The van der Waals surface area contributed by atoms with Crippen molar-refractivity contribution in [3.05, 3.63) is 21.7 Å². The van der Waals surface area contributed by atoms with Gasteiger partial charge in [-0.2, -0.15) is 28.2 Å². The van der Waals surface area contributed by atoms with E-state index in [4.69, 9.17) is 0 Å². The van der Waals surface area contributed by atoms with Gasteiger partial charge in [0.25, 0.3) is 0 Å². The normalized spacial score (nSPS) is 5.14. The molecular weight excluding hydrogens is 332 g/mol. The molecule has 0 aromatic heterocycles. The summed E-state index contributed by atoms with van der Waals surface area (Å²) in [6.45, 7) is 0. The third-order valence-corrected chi connectivity index (χ3v) is 0. The van der Waals surface area contributed by atoms with Crippen LogP contribution in [0.15, 0.2) is 0 Å². The number of nitrogens with zero attached hydrogens (tertiary/aromatic N) is 4. The zero-order valence-corrected chi connectivity index (χ0v) is 12.9. The van der Waals surface area contributed by atoms with Crippen LogP contribution >= 0.6 is 0 Å². The van der Waals surface area contributed by atoms with Crippen molar-refractivity contribution in [2.45, 2.75) is 0 Å². The maximum Gasteiger partial charge on any atom is 0 e. The van der Waals surface area contributed by atoms with E-state index in [0.29, 0.717) is 0 Å². The monoisotopic (exact) mass is 353 g/mol. The first-order valence-electron chi connectivity index (χ1n) is 2.82. The molecule has 0 aliphatic rings.